The molecule has 1 aromatic carbocycles. The van der Waals surface area contributed by atoms with Crippen molar-refractivity contribution in [2.45, 2.75) is 32.2 Å². The van der Waals surface area contributed by atoms with Gasteiger partial charge in [-0.15, -0.1) is 0 Å². The maximum atomic E-state index is 16.1. The van der Waals surface area contributed by atoms with E-state index < -0.39 is 0 Å². The summed E-state index contributed by atoms with van der Waals surface area (Å²) in [5, 5.41) is 11.3. The number of nitrogens with one attached hydrogen (secondary N) is 3. The molecule has 0 unspecified atom stereocenters. The van der Waals surface area contributed by atoms with Crippen molar-refractivity contribution in [3.63, 3.8) is 0 Å². The Kier molecular flexibility index (Phi) is 5.70. The summed E-state index contributed by atoms with van der Waals surface area (Å²) in [5.41, 5.74) is 6.19. The second-order valence-corrected chi connectivity index (χ2v) is 9.94. The van der Waals surface area contributed by atoms with Crippen LogP contribution in [0.2, 0.25) is 0 Å². The zero-order chi connectivity index (χ0) is 25.5. The van der Waals surface area contributed by atoms with Gasteiger partial charge in [0.15, 0.2) is 5.82 Å². The SMILES string of the molecule is Fc1c(-c2cncc(CNCC3CCCC3)c2)ccc2[nH]nc(-c3nc4c(-c5ccoc5)nccc4[nH]3)c12. The van der Waals surface area contributed by atoms with E-state index in [0.29, 0.717) is 45.7 Å². The fourth-order valence-corrected chi connectivity index (χ4v) is 5.49. The molecule has 6 aromatic rings. The lowest BCUT2D eigenvalue weighted by Gasteiger charge is -2.11. The first-order chi connectivity index (χ1) is 18.7. The van der Waals surface area contributed by atoms with Gasteiger partial charge in [0.1, 0.15) is 22.7 Å². The maximum absolute atomic E-state index is 16.1. The molecule has 1 fully saturated rings. The zero-order valence-electron chi connectivity index (χ0n) is 20.7. The number of furan rings is 1. The molecule has 5 heterocycles. The monoisotopic (exact) mass is 507 g/mol. The van der Waals surface area contributed by atoms with E-state index in [9.17, 15) is 0 Å². The van der Waals surface area contributed by atoms with Crippen molar-refractivity contribution in [2.24, 2.45) is 5.92 Å². The van der Waals surface area contributed by atoms with Crippen LogP contribution in [-0.2, 0) is 6.54 Å². The van der Waals surface area contributed by atoms with Crippen LogP contribution < -0.4 is 5.32 Å². The van der Waals surface area contributed by atoms with Gasteiger partial charge in [-0.25, -0.2) is 9.37 Å². The van der Waals surface area contributed by atoms with Crippen molar-refractivity contribution in [1.29, 1.82) is 0 Å². The number of halogens is 1. The van der Waals surface area contributed by atoms with Gasteiger partial charge in [-0.1, -0.05) is 12.8 Å². The van der Waals surface area contributed by atoms with Gasteiger partial charge >= 0.3 is 0 Å². The molecule has 1 saturated carbocycles. The first-order valence-electron chi connectivity index (χ1n) is 12.9. The quantitative estimate of drug-likeness (QED) is 0.236. The van der Waals surface area contributed by atoms with Crippen molar-refractivity contribution >= 4 is 21.9 Å². The van der Waals surface area contributed by atoms with Gasteiger partial charge in [-0.3, -0.25) is 15.1 Å². The highest BCUT2D eigenvalue weighted by Crippen LogP contribution is 2.35. The second-order valence-electron chi connectivity index (χ2n) is 9.94. The Labute approximate surface area is 217 Å². The Balaban J connectivity index is 1.23. The molecular weight excluding hydrogens is 481 g/mol. The first kappa shape index (κ1) is 22.8. The minimum atomic E-state index is -0.363. The molecule has 7 rings (SSSR count). The average Bonchev–Trinajstić information content (AvgIpc) is 3.75. The lowest BCUT2D eigenvalue weighted by Crippen LogP contribution is -2.20. The number of hydrogen-bond donors (Lipinski definition) is 3. The van der Waals surface area contributed by atoms with Crippen LogP contribution in [0.25, 0.3) is 55.8 Å². The summed E-state index contributed by atoms with van der Waals surface area (Å²) in [6, 6.07) is 9.29. The first-order valence-corrected chi connectivity index (χ1v) is 12.9. The lowest BCUT2D eigenvalue weighted by molar-refractivity contribution is 0.489. The van der Waals surface area contributed by atoms with Gasteiger partial charge in [0, 0.05) is 41.8 Å². The number of nitrogens with zero attached hydrogens (tertiary/aromatic N) is 4. The van der Waals surface area contributed by atoms with Gasteiger partial charge in [0.05, 0.1) is 28.9 Å². The number of imidazole rings is 1. The third-order valence-electron chi connectivity index (χ3n) is 7.43. The van der Waals surface area contributed by atoms with E-state index in [2.05, 4.69) is 30.5 Å². The summed E-state index contributed by atoms with van der Waals surface area (Å²) < 4.78 is 21.3. The molecule has 8 nitrogen and oxygen atoms in total. The van der Waals surface area contributed by atoms with E-state index in [-0.39, 0.29) is 5.82 Å². The van der Waals surface area contributed by atoms with Crippen molar-refractivity contribution in [1.82, 2.24) is 35.5 Å². The third kappa shape index (κ3) is 4.05. The fraction of sp³-hybridized carbons (Fsp3) is 0.241. The Morgan fingerprint density at radius 2 is 1.95 bits per heavy atom. The molecule has 0 bridgehead atoms. The number of aromatic nitrogens is 6. The number of benzene rings is 1. The molecule has 0 aliphatic heterocycles. The highest BCUT2D eigenvalue weighted by Gasteiger charge is 2.21. The van der Waals surface area contributed by atoms with Gasteiger partial charge in [-0.05, 0) is 61.2 Å². The minimum absolute atomic E-state index is 0.363. The predicted molar refractivity (Wildman–Crippen MR) is 144 cm³/mol. The van der Waals surface area contributed by atoms with Crippen LogP contribution in [-0.4, -0.2) is 36.7 Å². The number of pyridine rings is 2. The second kappa shape index (κ2) is 9.50. The zero-order valence-corrected chi connectivity index (χ0v) is 20.7. The largest absolute Gasteiger partial charge is 0.472 e. The maximum Gasteiger partial charge on any atom is 0.159 e. The van der Waals surface area contributed by atoms with Gasteiger partial charge in [0.25, 0.3) is 0 Å². The predicted octanol–water partition coefficient (Wildman–Crippen LogP) is 6.24. The molecule has 1 aliphatic carbocycles. The van der Waals surface area contributed by atoms with Crippen molar-refractivity contribution in [3.05, 3.63) is 72.8 Å². The molecule has 0 radical (unpaired) electrons. The molecule has 190 valence electrons. The number of hydrogen-bond acceptors (Lipinski definition) is 6. The highest BCUT2D eigenvalue weighted by atomic mass is 19.1. The van der Waals surface area contributed by atoms with Crippen LogP contribution in [0.15, 0.2) is 65.9 Å². The van der Waals surface area contributed by atoms with Crippen LogP contribution in [0.3, 0.4) is 0 Å². The minimum Gasteiger partial charge on any atom is -0.472 e. The standard InChI is InChI=1S/C29H26FN7O/c30-25-21(20-11-18(14-32-15-20)13-31-12-17-3-1-2-4-17)5-6-22-24(25)28(37-36-22)29-34-23-7-9-33-26(27(23)35-29)19-8-10-38-16-19/h5-11,14-17,31H,1-4,12-13H2,(H,34,35)(H,36,37). The van der Waals surface area contributed by atoms with Crippen LogP contribution in [0.1, 0.15) is 31.2 Å². The summed E-state index contributed by atoms with van der Waals surface area (Å²) in [6.45, 7) is 1.72. The van der Waals surface area contributed by atoms with E-state index in [4.69, 9.17) is 9.40 Å². The summed E-state index contributed by atoms with van der Waals surface area (Å²) in [6.07, 6.45) is 13.7. The van der Waals surface area contributed by atoms with Crippen molar-refractivity contribution < 1.29 is 8.81 Å². The average molecular weight is 508 g/mol. The van der Waals surface area contributed by atoms with E-state index in [1.165, 1.54) is 25.7 Å². The highest BCUT2D eigenvalue weighted by molar-refractivity contribution is 5.98. The summed E-state index contributed by atoms with van der Waals surface area (Å²) in [7, 11) is 0. The number of rotatable bonds is 7. The van der Waals surface area contributed by atoms with Crippen LogP contribution in [0.4, 0.5) is 4.39 Å². The summed E-state index contributed by atoms with van der Waals surface area (Å²) in [4.78, 5) is 16.9. The molecular formula is C29H26FN7O. The van der Waals surface area contributed by atoms with Crippen molar-refractivity contribution in [3.8, 4) is 33.9 Å². The van der Waals surface area contributed by atoms with E-state index in [1.807, 2.05) is 30.5 Å². The van der Waals surface area contributed by atoms with Crippen LogP contribution in [0, 0.1) is 11.7 Å². The molecule has 1 aliphatic rings. The Morgan fingerprint density at radius 1 is 1.03 bits per heavy atom. The molecule has 9 heteroatoms. The normalized spacial score (nSPS) is 14.2. The summed E-state index contributed by atoms with van der Waals surface area (Å²) >= 11 is 0. The Bertz CT molecular complexity index is 1730. The lowest BCUT2D eigenvalue weighted by atomic mass is 10.0. The summed E-state index contributed by atoms with van der Waals surface area (Å²) in [5.74, 6) is 0.857. The van der Waals surface area contributed by atoms with Gasteiger partial charge in [-0.2, -0.15) is 5.10 Å². The van der Waals surface area contributed by atoms with E-state index in [1.54, 1.807) is 31.0 Å². The van der Waals surface area contributed by atoms with E-state index >= 15 is 4.39 Å². The molecule has 0 spiro atoms. The molecule has 5 aromatic heterocycles. The number of aromatic amines is 2. The smallest absolute Gasteiger partial charge is 0.159 e. The van der Waals surface area contributed by atoms with Crippen molar-refractivity contribution in [2.75, 3.05) is 6.54 Å². The Morgan fingerprint density at radius 3 is 2.82 bits per heavy atom. The Hall–Kier alpha value is -4.37. The fourth-order valence-electron chi connectivity index (χ4n) is 5.49. The molecule has 3 N–H and O–H groups in total. The topological polar surface area (TPSA) is 108 Å². The van der Waals surface area contributed by atoms with Gasteiger partial charge < -0.3 is 14.7 Å². The molecule has 0 amide bonds. The van der Waals surface area contributed by atoms with Gasteiger partial charge in [0.2, 0.25) is 0 Å². The number of fused-ring (bicyclic) bond motifs is 2. The molecule has 0 saturated heterocycles. The van der Waals surface area contributed by atoms with Crippen LogP contribution >= 0.6 is 0 Å². The number of H-pyrrole nitrogens is 2. The van der Waals surface area contributed by atoms with E-state index in [0.717, 1.165) is 34.7 Å². The molecule has 0 atom stereocenters. The van der Waals surface area contributed by atoms with Crippen LogP contribution in [0.5, 0.6) is 0 Å². The third-order valence-corrected chi connectivity index (χ3v) is 7.43. The molecule has 38 heavy (non-hydrogen) atoms.